The number of fused-ring (bicyclic) bond motifs is 1. The van der Waals surface area contributed by atoms with Crippen molar-refractivity contribution in [1.29, 1.82) is 0 Å². The monoisotopic (exact) mass is 450 g/mol. The lowest BCUT2D eigenvalue weighted by Gasteiger charge is -2.28. The number of nitrogens with one attached hydrogen (secondary N) is 1. The summed E-state index contributed by atoms with van der Waals surface area (Å²) in [4.78, 5) is 24.5. The van der Waals surface area contributed by atoms with Crippen molar-refractivity contribution >= 4 is 40.8 Å². The smallest absolute Gasteiger partial charge is 0.328 e. The van der Waals surface area contributed by atoms with Crippen molar-refractivity contribution in [3.8, 4) is 5.75 Å². The Labute approximate surface area is 185 Å². The summed E-state index contributed by atoms with van der Waals surface area (Å²) in [6.07, 6.45) is 0.667. The van der Waals surface area contributed by atoms with Crippen molar-refractivity contribution in [3.63, 3.8) is 0 Å². The number of ether oxygens (including phenoxy) is 2. The fraction of sp³-hybridized carbons (Fsp3) is 0.364. The maximum Gasteiger partial charge on any atom is 0.328 e. The maximum absolute atomic E-state index is 12.6. The summed E-state index contributed by atoms with van der Waals surface area (Å²) >= 11 is 12.0. The SMILES string of the molecule is CC1Oc2ccc(C(N)C(=O)OC(C)(C)CCc3ccc(Cl)c(Cl)c3)cc2NC1=O. The second-order valence-electron chi connectivity index (χ2n) is 7.91. The summed E-state index contributed by atoms with van der Waals surface area (Å²) in [6, 6.07) is 9.46. The van der Waals surface area contributed by atoms with Gasteiger partial charge in [-0.1, -0.05) is 35.3 Å². The highest BCUT2D eigenvalue weighted by atomic mass is 35.5. The second-order valence-corrected chi connectivity index (χ2v) is 8.73. The van der Waals surface area contributed by atoms with Gasteiger partial charge in [0.1, 0.15) is 17.4 Å². The number of rotatable bonds is 6. The third-order valence-electron chi connectivity index (χ3n) is 4.92. The highest BCUT2D eigenvalue weighted by Gasteiger charge is 2.29. The number of amides is 1. The number of carbonyl (C=O) groups is 2. The molecule has 0 saturated heterocycles. The average molecular weight is 451 g/mol. The van der Waals surface area contributed by atoms with Crippen molar-refractivity contribution < 1.29 is 19.1 Å². The molecule has 0 fully saturated rings. The molecule has 1 aliphatic heterocycles. The second kappa shape index (κ2) is 8.84. The predicted octanol–water partition coefficient (Wildman–Crippen LogP) is 4.67. The number of aryl methyl sites for hydroxylation is 1. The van der Waals surface area contributed by atoms with Crippen LogP contribution in [0.5, 0.6) is 5.75 Å². The van der Waals surface area contributed by atoms with E-state index < -0.39 is 23.7 Å². The van der Waals surface area contributed by atoms with Crippen LogP contribution in [0.3, 0.4) is 0 Å². The third kappa shape index (κ3) is 5.25. The minimum absolute atomic E-state index is 0.251. The summed E-state index contributed by atoms with van der Waals surface area (Å²) in [7, 11) is 0. The summed E-state index contributed by atoms with van der Waals surface area (Å²) in [5, 5.41) is 3.74. The molecule has 3 N–H and O–H groups in total. The summed E-state index contributed by atoms with van der Waals surface area (Å²) in [6.45, 7) is 5.32. The van der Waals surface area contributed by atoms with E-state index in [0.29, 0.717) is 39.9 Å². The Morgan fingerprint density at radius 1 is 1.23 bits per heavy atom. The van der Waals surface area contributed by atoms with E-state index in [-0.39, 0.29) is 5.91 Å². The normalized spacial score (nSPS) is 16.9. The van der Waals surface area contributed by atoms with Crippen LogP contribution in [0.2, 0.25) is 10.0 Å². The van der Waals surface area contributed by atoms with E-state index in [1.807, 2.05) is 19.9 Å². The number of hydrogen-bond donors (Lipinski definition) is 2. The summed E-state index contributed by atoms with van der Waals surface area (Å²) in [5.41, 5.74) is 7.40. The zero-order valence-electron chi connectivity index (χ0n) is 17.0. The quantitative estimate of drug-likeness (QED) is 0.623. The molecule has 1 aliphatic rings. The van der Waals surface area contributed by atoms with Gasteiger partial charge in [-0.15, -0.1) is 0 Å². The van der Waals surface area contributed by atoms with Gasteiger partial charge in [0, 0.05) is 0 Å². The maximum atomic E-state index is 12.6. The van der Waals surface area contributed by atoms with Crippen LogP contribution in [-0.2, 0) is 20.7 Å². The fourth-order valence-electron chi connectivity index (χ4n) is 3.08. The van der Waals surface area contributed by atoms with Gasteiger partial charge in [-0.3, -0.25) is 4.79 Å². The fourth-order valence-corrected chi connectivity index (χ4v) is 3.40. The van der Waals surface area contributed by atoms with Crippen LogP contribution in [0.4, 0.5) is 5.69 Å². The first kappa shape index (κ1) is 22.4. The lowest BCUT2D eigenvalue weighted by Crippen LogP contribution is -2.35. The molecule has 2 atom stereocenters. The number of nitrogens with two attached hydrogens (primary N) is 1. The lowest BCUT2D eigenvalue weighted by atomic mass is 9.98. The molecule has 6 nitrogen and oxygen atoms in total. The van der Waals surface area contributed by atoms with E-state index in [4.69, 9.17) is 38.4 Å². The average Bonchev–Trinajstić information content (AvgIpc) is 2.68. The Morgan fingerprint density at radius 2 is 1.97 bits per heavy atom. The zero-order valence-corrected chi connectivity index (χ0v) is 18.5. The topological polar surface area (TPSA) is 90.7 Å². The zero-order chi connectivity index (χ0) is 22.1. The molecule has 0 spiro atoms. The van der Waals surface area contributed by atoms with E-state index in [9.17, 15) is 9.59 Å². The van der Waals surface area contributed by atoms with Crippen molar-refractivity contribution in [2.24, 2.45) is 5.73 Å². The molecule has 3 rings (SSSR count). The first-order valence-electron chi connectivity index (χ1n) is 9.59. The number of anilines is 1. The third-order valence-corrected chi connectivity index (χ3v) is 5.66. The highest BCUT2D eigenvalue weighted by molar-refractivity contribution is 6.42. The molecule has 30 heavy (non-hydrogen) atoms. The number of esters is 1. The summed E-state index contributed by atoms with van der Waals surface area (Å²) < 4.78 is 11.2. The lowest BCUT2D eigenvalue weighted by molar-refractivity contribution is -0.158. The molecule has 0 bridgehead atoms. The van der Waals surface area contributed by atoms with E-state index in [2.05, 4.69) is 5.32 Å². The molecular weight excluding hydrogens is 427 g/mol. The van der Waals surface area contributed by atoms with E-state index >= 15 is 0 Å². The van der Waals surface area contributed by atoms with E-state index in [1.54, 1.807) is 37.3 Å². The van der Waals surface area contributed by atoms with Gasteiger partial charge >= 0.3 is 5.97 Å². The van der Waals surface area contributed by atoms with Gasteiger partial charge in [0.15, 0.2) is 6.10 Å². The van der Waals surface area contributed by atoms with Crippen molar-refractivity contribution in [3.05, 3.63) is 57.6 Å². The Morgan fingerprint density at radius 3 is 2.67 bits per heavy atom. The molecule has 2 aromatic rings. The first-order valence-corrected chi connectivity index (χ1v) is 10.4. The van der Waals surface area contributed by atoms with Crippen LogP contribution in [0.1, 0.15) is 44.4 Å². The Hall–Kier alpha value is -2.28. The van der Waals surface area contributed by atoms with Crippen LogP contribution >= 0.6 is 23.2 Å². The molecule has 1 amide bonds. The van der Waals surface area contributed by atoms with Crippen molar-refractivity contribution in [2.45, 2.75) is 51.4 Å². The first-order chi connectivity index (χ1) is 14.1. The predicted molar refractivity (Wildman–Crippen MR) is 117 cm³/mol. The van der Waals surface area contributed by atoms with Crippen LogP contribution in [0, 0.1) is 0 Å². The molecule has 2 unspecified atom stereocenters. The minimum atomic E-state index is -0.990. The van der Waals surface area contributed by atoms with Gasteiger partial charge < -0.3 is 20.5 Å². The van der Waals surface area contributed by atoms with E-state index in [1.165, 1.54) is 0 Å². The molecule has 8 heteroatoms. The largest absolute Gasteiger partial charge is 0.479 e. The molecule has 0 radical (unpaired) electrons. The number of hydrogen-bond acceptors (Lipinski definition) is 5. The minimum Gasteiger partial charge on any atom is -0.479 e. The number of carbonyl (C=O) groups excluding carboxylic acids is 2. The van der Waals surface area contributed by atoms with Gasteiger partial charge in [0.2, 0.25) is 0 Å². The van der Waals surface area contributed by atoms with Crippen LogP contribution < -0.4 is 15.8 Å². The molecule has 0 aromatic heterocycles. The number of halogens is 2. The molecular formula is C22H24Cl2N2O4. The molecule has 2 aromatic carbocycles. The molecule has 160 valence electrons. The van der Waals surface area contributed by atoms with E-state index in [0.717, 1.165) is 5.56 Å². The Kier molecular flexibility index (Phi) is 6.60. The van der Waals surface area contributed by atoms with Gasteiger partial charge in [-0.05, 0) is 69.0 Å². The molecule has 0 aliphatic carbocycles. The molecule has 1 heterocycles. The van der Waals surface area contributed by atoms with Crippen LogP contribution in [0.15, 0.2) is 36.4 Å². The highest BCUT2D eigenvalue weighted by Crippen LogP contribution is 2.32. The van der Waals surface area contributed by atoms with Crippen molar-refractivity contribution in [1.82, 2.24) is 0 Å². The summed E-state index contributed by atoms with van der Waals surface area (Å²) in [5.74, 6) is -0.266. The van der Waals surface area contributed by atoms with Crippen molar-refractivity contribution in [2.75, 3.05) is 5.32 Å². The van der Waals surface area contributed by atoms with Gasteiger partial charge in [-0.2, -0.15) is 0 Å². The van der Waals surface area contributed by atoms with Gasteiger partial charge in [-0.25, -0.2) is 4.79 Å². The number of benzene rings is 2. The van der Waals surface area contributed by atoms with Gasteiger partial charge in [0.25, 0.3) is 5.91 Å². The standard InChI is InChI=1S/C22H24Cl2N2O4/c1-12-20(27)26-17-11-14(5-7-18(17)29-12)19(25)21(28)30-22(2,3)9-8-13-4-6-15(23)16(24)10-13/h4-7,10-12,19H,8-9,25H2,1-3H3,(H,26,27). The Bertz CT molecular complexity index is 978. The van der Waals surface area contributed by atoms with Gasteiger partial charge in [0.05, 0.1) is 15.7 Å². The Balaban J connectivity index is 1.63. The molecule has 0 saturated carbocycles. The van der Waals surface area contributed by atoms with Crippen LogP contribution in [0.25, 0.3) is 0 Å². The van der Waals surface area contributed by atoms with Crippen LogP contribution in [-0.4, -0.2) is 23.6 Å².